The van der Waals surface area contributed by atoms with Gasteiger partial charge in [-0.2, -0.15) is 0 Å². The number of methoxy groups -OCH3 is 1. The van der Waals surface area contributed by atoms with Crippen LogP contribution in [0, 0.1) is 5.92 Å². The number of ether oxygens (including phenoxy) is 7. The van der Waals surface area contributed by atoms with Crippen LogP contribution in [0.5, 0.6) is 0 Å². The largest absolute Gasteiger partial charge is 0.407 e. The number of hydrogen-bond donors (Lipinski definition) is 0. The minimum Gasteiger partial charge on any atom is -0.407 e. The summed E-state index contributed by atoms with van der Waals surface area (Å²) in [6.45, 7) is 15.0. The third kappa shape index (κ3) is 5.04. The van der Waals surface area contributed by atoms with Crippen molar-refractivity contribution in [2.45, 2.75) is 100 Å². The lowest BCUT2D eigenvalue weighted by Crippen LogP contribution is -2.73. The smallest absolute Gasteiger partial charge is 0.261 e. The Kier molecular flexibility index (Phi) is 7.99. The van der Waals surface area contributed by atoms with E-state index in [0.717, 1.165) is 0 Å². The molecule has 1 saturated carbocycles. The number of fused-ring (bicyclic) bond motifs is 3. The van der Waals surface area contributed by atoms with E-state index in [9.17, 15) is 0 Å². The molecule has 7 atom stereocenters. The molecule has 2 spiro atoms. The van der Waals surface area contributed by atoms with E-state index in [1.165, 1.54) is 10.4 Å². The summed E-state index contributed by atoms with van der Waals surface area (Å²) in [7, 11) is -1.32. The standard InChI is InChI=1S/C33H45ClO8Si/c1-29(2,3)43(22-15-11-9-12-16-22,23-17-13-10-14-18-23)38-19-24-25(36-21-35-8)32(20-37-30(4,5)42-32)26-27(33(24)28(34)41-33)40-31(6,7)39-26/h9-18,24-28H,19-21H2,1-8H3/t24-,25+,26-,27+,28?,32-,33-/m0/s1. The van der Waals surface area contributed by atoms with Gasteiger partial charge < -0.3 is 37.6 Å². The van der Waals surface area contributed by atoms with Crippen LogP contribution < -0.4 is 10.4 Å². The summed E-state index contributed by atoms with van der Waals surface area (Å²) in [6, 6.07) is 21.1. The maximum absolute atomic E-state index is 7.48. The number of hydrogen-bond acceptors (Lipinski definition) is 8. The Morgan fingerprint density at radius 3 is 1.88 bits per heavy atom. The molecule has 0 radical (unpaired) electrons. The molecule has 4 fully saturated rings. The van der Waals surface area contributed by atoms with Gasteiger partial charge in [0.15, 0.2) is 22.7 Å². The molecule has 1 unspecified atom stereocenters. The zero-order valence-electron chi connectivity index (χ0n) is 26.4. The third-order valence-corrected chi connectivity index (χ3v) is 14.8. The van der Waals surface area contributed by atoms with Crippen LogP contribution in [-0.4, -0.2) is 82.1 Å². The van der Waals surface area contributed by atoms with E-state index in [0.29, 0.717) is 0 Å². The van der Waals surface area contributed by atoms with Crippen molar-refractivity contribution in [1.82, 2.24) is 0 Å². The van der Waals surface area contributed by atoms with Crippen LogP contribution >= 0.6 is 11.6 Å². The Hall–Kier alpha value is -1.37. The summed E-state index contributed by atoms with van der Waals surface area (Å²) in [5.74, 6) is -2.16. The molecule has 2 aromatic carbocycles. The maximum atomic E-state index is 7.48. The lowest BCUT2D eigenvalue weighted by atomic mass is 9.66. The molecule has 0 aromatic heterocycles. The minimum absolute atomic E-state index is 0.0383. The van der Waals surface area contributed by atoms with Crippen LogP contribution in [0.4, 0.5) is 0 Å². The fourth-order valence-corrected chi connectivity index (χ4v) is 12.7. The highest BCUT2D eigenvalue weighted by atomic mass is 35.5. The van der Waals surface area contributed by atoms with E-state index in [2.05, 4.69) is 69.3 Å². The zero-order chi connectivity index (χ0) is 30.9. The van der Waals surface area contributed by atoms with Gasteiger partial charge in [-0.15, -0.1) is 0 Å². The van der Waals surface area contributed by atoms with Crippen LogP contribution in [0.3, 0.4) is 0 Å². The number of halogens is 1. The molecular formula is C33H45ClO8Si. The van der Waals surface area contributed by atoms with Crippen LogP contribution in [0.2, 0.25) is 5.04 Å². The van der Waals surface area contributed by atoms with Gasteiger partial charge >= 0.3 is 0 Å². The van der Waals surface area contributed by atoms with E-state index >= 15 is 0 Å². The highest BCUT2D eigenvalue weighted by Gasteiger charge is 2.82. The first kappa shape index (κ1) is 31.6. The average molecular weight is 633 g/mol. The molecule has 2 aromatic rings. The minimum atomic E-state index is -2.92. The summed E-state index contributed by atoms with van der Waals surface area (Å²) in [5, 5.41) is 2.14. The van der Waals surface area contributed by atoms with Crippen molar-refractivity contribution >= 4 is 30.3 Å². The number of epoxide rings is 1. The maximum Gasteiger partial charge on any atom is 0.261 e. The fourth-order valence-electron chi connectivity index (χ4n) is 7.67. The van der Waals surface area contributed by atoms with Gasteiger partial charge in [-0.3, -0.25) is 0 Å². The van der Waals surface area contributed by atoms with Crippen LogP contribution in [0.25, 0.3) is 0 Å². The number of benzene rings is 2. The molecule has 236 valence electrons. The van der Waals surface area contributed by atoms with Gasteiger partial charge in [0.1, 0.15) is 30.7 Å². The van der Waals surface area contributed by atoms with Crippen molar-refractivity contribution in [2.24, 2.45) is 5.92 Å². The van der Waals surface area contributed by atoms with Crippen molar-refractivity contribution in [3.05, 3.63) is 60.7 Å². The highest BCUT2D eigenvalue weighted by molar-refractivity contribution is 6.99. The van der Waals surface area contributed by atoms with E-state index in [4.69, 9.17) is 49.2 Å². The second-order valence-electron chi connectivity index (χ2n) is 14.1. The average Bonchev–Trinajstić information content (AvgIpc) is 3.32. The predicted octanol–water partition coefficient (Wildman–Crippen LogP) is 4.56. The second kappa shape index (κ2) is 10.9. The second-order valence-corrected chi connectivity index (χ2v) is 18.8. The molecule has 6 rings (SSSR count). The molecule has 0 bridgehead atoms. The van der Waals surface area contributed by atoms with Crippen LogP contribution in [-0.2, 0) is 37.6 Å². The fraction of sp³-hybridized carbons (Fsp3) is 0.636. The Morgan fingerprint density at radius 1 is 0.860 bits per heavy atom. The summed E-state index contributed by atoms with van der Waals surface area (Å²) < 4.78 is 52.1. The topological polar surface area (TPSA) is 77.1 Å². The molecule has 4 aliphatic rings. The quantitative estimate of drug-likeness (QED) is 0.182. The van der Waals surface area contributed by atoms with Gasteiger partial charge in [0.25, 0.3) is 8.32 Å². The van der Waals surface area contributed by atoms with Gasteiger partial charge in [-0.05, 0) is 43.1 Å². The molecular weight excluding hydrogens is 588 g/mol. The molecule has 3 heterocycles. The van der Waals surface area contributed by atoms with Crippen molar-refractivity contribution in [3.63, 3.8) is 0 Å². The van der Waals surface area contributed by atoms with Gasteiger partial charge in [-0.1, -0.05) is 93.0 Å². The van der Waals surface area contributed by atoms with Gasteiger partial charge in [0, 0.05) is 19.6 Å². The summed E-state index contributed by atoms with van der Waals surface area (Å²) >= 11 is 6.94. The van der Waals surface area contributed by atoms with E-state index in [1.54, 1.807) is 7.11 Å². The molecule has 43 heavy (non-hydrogen) atoms. The molecule has 0 amide bonds. The summed E-state index contributed by atoms with van der Waals surface area (Å²) in [6.07, 6.45) is -1.69. The SMILES string of the molecule is COCO[C@@H]1[C@H](CO[Si](c2ccccc2)(c2ccccc2)C(C)(C)C)[C@]2(OC2Cl)[C@@H]2OC(C)(C)O[C@@H]2[C@]12COC(C)(C)O2. The Balaban J connectivity index is 1.49. The number of alkyl halides is 1. The molecule has 1 aliphatic carbocycles. The Morgan fingerprint density at radius 2 is 1.42 bits per heavy atom. The van der Waals surface area contributed by atoms with Gasteiger partial charge in [-0.25, -0.2) is 0 Å². The van der Waals surface area contributed by atoms with E-state index in [-0.39, 0.29) is 25.0 Å². The van der Waals surface area contributed by atoms with Gasteiger partial charge in [0.2, 0.25) is 0 Å². The normalized spacial score (nSPS) is 36.3. The van der Waals surface area contributed by atoms with Gasteiger partial charge in [0.05, 0.1) is 6.61 Å². The highest BCUT2D eigenvalue weighted by Crippen LogP contribution is 2.63. The predicted molar refractivity (Wildman–Crippen MR) is 165 cm³/mol. The lowest BCUT2D eigenvalue weighted by molar-refractivity contribution is -0.277. The van der Waals surface area contributed by atoms with Crippen molar-refractivity contribution in [1.29, 1.82) is 0 Å². The first-order valence-electron chi connectivity index (χ1n) is 15.1. The first-order chi connectivity index (χ1) is 20.2. The molecule has 0 N–H and O–H groups in total. The zero-order valence-corrected chi connectivity index (χ0v) is 28.2. The van der Waals surface area contributed by atoms with Crippen molar-refractivity contribution in [3.8, 4) is 0 Å². The molecule has 8 nitrogen and oxygen atoms in total. The number of rotatable bonds is 8. The van der Waals surface area contributed by atoms with Crippen molar-refractivity contribution in [2.75, 3.05) is 27.1 Å². The molecule has 10 heteroatoms. The van der Waals surface area contributed by atoms with Crippen LogP contribution in [0.15, 0.2) is 60.7 Å². The van der Waals surface area contributed by atoms with E-state index in [1.807, 2.05) is 39.8 Å². The third-order valence-electron chi connectivity index (χ3n) is 9.40. The summed E-state index contributed by atoms with van der Waals surface area (Å²) in [5.41, 5.74) is -2.56. The monoisotopic (exact) mass is 632 g/mol. The van der Waals surface area contributed by atoms with Crippen LogP contribution in [0.1, 0.15) is 48.5 Å². The summed E-state index contributed by atoms with van der Waals surface area (Å²) in [4.78, 5) is 0. The molecule has 3 saturated heterocycles. The first-order valence-corrected chi connectivity index (χ1v) is 17.4. The van der Waals surface area contributed by atoms with E-state index < -0.39 is 60.9 Å². The Bertz CT molecular complexity index is 1250. The van der Waals surface area contributed by atoms with Crippen molar-refractivity contribution < 1.29 is 37.6 Å². The Labute approximate surface area is 261 Å². The molecule has 3 aliphatic heterocycles. The lowest BCUT2D eigenvalue weighted by Gasteiger charge is -2.52.